The van der Waals surface area contributed by atoms with Crippen LogP contribution in [-0.4, -0.2) is 32.3 Å². The molecule has 0 aliphatic heterocycles. The minimum absolute atomic E-state index is 0.0663. The van der Waals surface area contributed by atoms with E-state index in [2.05, 4.69) is 10.4 Å². The zero-order valence-corrected chi connectivity index (χ0v) is 12.1. The number of carbonyl (C=O) groups excluding carboxylic acids is 1. The van der Waals surface area contributed by atoms with Gasteiger partial charge in [0.05, 0.1) is 17.0 Å². The topological polar surface area (TPSA) is 84.2 Å². The van der Waals surface area contributed by atoms with E-state index < -0.39 is 17.4 Å². The fourth-order valence-electron chi connectivity index (χ4n) is 2.78. The van der Waals surface area contributed by atoms with E-state index in [0.29, 0.717) is 12.8 Å². The Morgan fingerprint density at radius 3 is 2.60 bits per heavy atom. The van der Waals surface area contributed by atoms with Crippen molar-refractivity contribution in [3.05, 3.63) is 16.9 Å². The maximum atomic E-state index is 12.3. The van der Waals surface area contributed by atoms with Crippen LogP contribution in [0.5, 0.6) is 0 Å². The third-order valence-electron chi connectivity index (χ3n) is 3.68. The Kier molecular flexibility index (Phi) is 4.32. The lowest BCUT2D eigenvalue weighted by molar-refractivity contribution is -0.139. The van der Waals surface area contributed by atoms with Gasteiger partial charge >= 0.3 is 5.97 Å². The molecule has 0 saturated heterocycles. The molecule has 0 atom stereocenters. The predicted octanol–water partition coefficient (Wildman–Crippen LogP) is 1.98. The number of nitrogens with zero attached hydrogens (tertiary/aromatic N) is 2. The summed E-state index contributed by atoms with van der Waals surface area (Å²) < 4.78 is 1.46. The molecular formula is C13H18ClN3O3. The van der Waals surface area contributed by atoms with Gasteiger partial charge in [0.2, 0.25) is 0 Å². The van der Waals surface area contributed by atoms with Crippen LogP contribution in [0.2, 0.25) is 5.02 Å². The van der Waals surface area contributed by atoms with Crippen molar-refractivity contribution in [3.63, 3.8) is 0 Å². The molecule has 0 unspecified atom stereocenters. The lowest BCUT2D eigenvalue weighted by atomic mass is 9.79. The van der Waals surface area contributed by atoms with Gasteiger partial charge in [-0.15, -0.1) is 0 Å². The summed E-state index contributed by atoms with van der Waals surface area (Å²) in [5.74, 6) is -1.31. The van der Waals surface area contributed by atoms with E-state index in [9.17, 15) is 9.59 Å². The number of aromatic nitrogens is 2. The van der Waals surface area contributed by atoms with Crippen LogP contribution in [0.15, 0.2) is 6.20 Å². The van der Waals surface area contributed by atoms with Gasteiger partial charge < -0.3 is 10.4 Å². The number of carboxylic acids is 1. The first kappa shape index (κ1) is 14.8. The van der Waals surface area contributed by atoms with E-state index >= 15 is 0 Å². The second-order valence-electron chi connectivity index (χ2n) is 5.36. The maximum absolute atomic E-state index is 12.3. The van der Waals surface area contributed by atoms with Crippen molar-refractivity contribution in [2.24, 2.45) is 7.05 Å². The molecule has 1 amide bonds. The van der Waals surface area contributed by atoms with E-state index in [1.165, 1.54) is 4.68 Å². The third-order valence-corrected chi connectivity index (χ3v) is 3.95. The summed E-state index contributed by atoms with van der Waals surface area (Å²) in [6.07, 6.45) is 5.74. The molecule has 1 aliphatic rings. The molecule has 0 spiro atoms. The van der Waals surface area contributed by atoms with Crippen LogP contribution in [0.4, 0.5) is 0 Å². The molecule has 20 heavy (non-hydrogen) atoms. The minimum Gasteiger partial charge on any atom is -0.481 e. The molecule has 1 fully saturated rings. The zero-order valence-electron chi connectivity index (χ0n) is 11.4. The average molecular weight is 300 g/mol. The van der Waals surface area contributed by atoms with Crippen molar-refractivity contribution in [1.29, 1.82) is 0 Å². The number of hydrogen-bond donors (Lipinski definition) is 2. The lowest BCUT2D eigenvalue weighted by Crippen LogP contribution is -2.51. The highest BCUT2D eigenvalue weighted by molar-refractivity contribution is 6.33. The van der Waals surface area contributed by atoms with Crippen LogP contribution < -0.4 is 5.32 Å². The van der Waals surface area contributed by atoms with Crippen LogP contribution in [-0.2, 0) is 11.8 Å². The molecule has 110 valence electrons. The Balaban J connectivity index is 2.17. The first-order chi connectivity index (χ1) is 9.42. The molecule has 0 radical (unpaired) electrons. The van der Waals surface area contributed by atoms with Gasteiger partial charge in [0, 0.05) is 13.2 Å². The number of rotatable bonds is 4. The smallest absolute Gasteiger partial charge is 0.305 e. The van der Waals surface area contributed by atoms with Crippen LogP contribution in [0, 0.1) is 0 Å². The number of amides is 1. The number of carbonyl (C=O) groups is 2. The highest BCUT2D eigenvalue weighted by Gasteiger charge is 2.36. The Bertz CT molecular complexity index is 521. The van der Waals surface area contributed by atoms with Crippen LogP contribution >= 0.6 is 11.6 Å². The summed E-state index contributed by atoms with van der Waals surface area (Å²) in [5, 5.41) is 16.2. The van der Waals surface area contributed by atoms with Crippen molar-refractivity contribution in [2.45, 2.75) is 44.1 Å². The summed E-state index contributed by atoms with van der Waals surface area (Å²) in [5.41, 5.74) is -0.535. The van der Waals surface area contributed by atoms with Gasteiger partial charge in [0.1, 0.15) is 0 Å². The Labute approximate surface area is 122 Å². The van der Waals surface area contributed by atoms with Crippen molar-refractivity contribution in [1.82, 2.24) is 15.1 Å². The summed E-state index contributed by atoms with van der Waals surface area (Å²) >= 11 is 5.95. The molecule has 1 aliphatic carbocycles. The predicted molar refractivity (Wildman–Crippen MR) is 73.8 cm³/mol. The number of carboxylic acid groups (broad SMARTS) is 1. The first-order valence-corrected chi connectivity index (χ1v) is 7.03. The third kappa shape index (κ3) is 3.30. The first-order valence-electron chi connectivity index (χ1n) is 6.65. The molecule has 1 aromatic heterocycles. The zero-order chi connectivity index (χ0) is 14.8. The van der Waals surface area contributed by atoms with Gasteiger partial charge in [-0.05, 0) is 12.8 Å². The Morgan fingerprint density at radius 1 is 1.45 bits per heavy atom. The number of hydrogen-bond acceptors (Lipinski definition) is 3. The van der Waals surface area contributed by atoms with Crippen LogP contribution in [0.1, 0.15) is 49.0 Å². The summed E-state index contributed by atoms with van der Waals surface area (Å²) in [6, 6.07) is 0. The summed E-state index contributed by atoms with van der Waals surface area (Å²) in [6.45, 7) is 0. The molecule has 7 heteroatoms. The van der Waals surface area contributed by atoms with E-state index in [0.717, 1.165) is 19.3 Å². The molecule has 0 bridgehead atoms. The number of nitrogens with one attached hydrogen (secondary N) is 1. The van der Waals surface area contributed by atoms with Gasteiger partial charge in [-0.1, -0.05) is 30.9 Å². The van der Waals surface area contributed by atoms with Gasteiger partial charge in [0.25, 0.3) is 5.91 Å². The van der Waals surface area contributed by atoms with Crippen molar-refractivity contribution >= 4 is 23.5 Å². The molecule has 1 aromatic rings. The second-order valence-corrected chi connectivity index (χ2v) is 5.77. The normalized spacial score (nSPS) is 17.7. The quantitative estimate of drug-likeness (QED) is 0.890. The number of halogens is 1. The molecule has 1 heterocycles. The molecule has 2 rings (SSSR count). The van der Waals surface area contributed by atoms with Crippen molar-refractivity contribution in [2.75, 3.05) is 0 Å². The van der Waals surface area contributed by atoms with Crippen LogP contribution in [0.25, 0.3) is 0 Å². The van der Waals surface area contributed by atoms with Gasteiger partial charge in [-0.25, -0.2) is 0 Å². The van der Waals surface area contributed by atoms with Crippen molar-refractivity contribution < 1.29 is 14.7 Å². The molecule has 2 N–H and O–H groups in total. The molecule has 1 saturated carbocycles. The fraction of sp³-hybridized carbons (Fsp3) is 0.615. The largest absolute Gasteiger partial charge is 0.481 e. The highest BCUT2D eigenvalue weighted by Crippen LogP contribution is 2.31. The second kappa shape index (κ2) is 5.83. The van der Waals surface area contributed by atoms with Gasteiger partial charge in [-0.3, -0.25) is 14.3 Å². The fourth-order valence-corrected chi connectivity index (χ4v) is 3.04. The molecular weight excluding hydrogens is 282 g/mol. The van der Waals surface area contributed by atoms with Crippen molar-refractivity contribution in [3.8, 4) is 0 Å². The minimum atomic E-state index is -0.903. The Hall–Kier alpha value is -1.56. The average Bonchev–Trinajstić information content (AvgIpc) is 2.68. The van der Waals surface area contributed by atoms with E-state index in [1.807, 2.05) is 0 Å². The van der Waals surface area contributed by atoms with E-state index in [-0.39, 0.29) is 17.1 Å². The number of aryl methyl sites for hydroxylation is 1. The van der Waals surface area contributed by atoms with Crippen LogP contribution in [0.3, 0.4) is 0 Å². The highest BCUT2D eigenvalue weighted by atomic mass is 35.5. The Morgan fingerprint density at radius 2 is 2.10 bits per heavy atom. The monoisotopic (exact) mass is 299 g/mol. The summed E-state index contributed by atoms with van der Waals surface area (Å²) in [4.78, 5) is 23.3. The van der Waals surface area contributed by atoms with Gasteiger partial charge in [-0.2, -0.15) is 5.10 Å². The number of aliphatic carboxylic acids is 1. The maximum Gasteiger partial charge on any atom is 0.305 e. The lowest BCUT2D eigenvalue weighted by Gasteiger charge is -2.36. The SMILES string of the molecule is Cn1cc(Cl)c(C(=O)NC2(CC(=O)O)CCCCC2)n1. The van der Waals surface area contributed by atoms with E-state index in [4.69, 9.17) is 16.7 Å². The standard InChI is InChI=1S/C13H18ClN3O3/c1-17-8-9(14)11(16-17)12(20)15-13(7-10(18)19)5-3-2-4-6-13/h8H,2-7H2,1H3,(H,15,20)(H,18,19). The van der Waals surface area contributed by atoms with E-state index in [1.54, 1.807) is 13.2 Å². The van der Waals surface area contributed by atoms with Gasteiger partial charge in [0.15, 0.2) is 5.69 Å². The molecule has 0 aromatic carbocycles. The molecule has 6 nitrogen and oxygen atoms in total. The summed E-state index contributed by atoms with van der Waals surface area (Å²) in [7, 11) is 1.68.